The number of pyridine rings is 1. The molecule has 0 N–H and O–H groups in total. The summed E-state index contributed by atoms with van der Waals surface area (Å²) in [4.78, 5) is 26.2. The maximum absolute atomic E-state index is 13.4. The first kappa shape index (κ1) is 23.7. The molecule has 0 bridgehead atoms. The van der Waals surface area contributed by atoms with Crippen molar-refractivity contribution >= 4 is 49.6 Å². The topological polar surface area (TPSA) is 51.0 Å². The van der Waals surface area contributed by atoms with Gasteiger partial charge in [-0.3, -0.25) is 19.2 Å². The van der Waals surface area contributed by atoms with Gasteiger partial charge in [-0.2, -0.15) is 0 Å². The van der Waals surface area contributed by atoms with E-state index in [-0.39, 0.29) is 5.56 Å². The molecule has 5 rings (SSSR count). The largest absolute Gasteiger partial charge is 0.298 e. The van der Waals surface area contributed by atoms with Gasteiger partial charge in [0.25, 0.3) is 5.56 Å². The summed E-state index contributed by atoms with van der Waals surface area (Å²) in [5.74, 6) is 0. The zero-order valence-electron chi connectivity index (χ0n) is 19.7. The van der Waals surface area contributed by atoms with E-state index >= 15 is 0 Å². The molecule has 0 amide bonds. The van der Waals surface area contributed by atoms with Crippen molar-refractivity contribution in [3.63, 3.8) is 0 Å². The predicted octanol–water partition coefficient (Wildman–Crippen LogP) is 6.69. The number of allylic oxidation sites excluding steroid dienone is 5. The van der Waals surface area contributed by atoms with Crippen LogP contribution in [0, 0.1) is 0 Å². The summed E-state index contributed by atoms with van der Waals surface area (Å²) >= 11 is 7.31. The minimum atomic E-state index is -0.0820. The number of likely N-dealkylation sites (tertiary alicyclic amines) is 1. The van der Waals surface area contributed by atoms with Gasteiger partial charge < -0.3 is 0 Å². The normalized spacial score (nSPS) is 15.4. The second kappa shape index (κ2) is 10.3. The molecule has 4 aromatic rings. The third-order valence-electron chi connectivity index (χ3n) is 6.32. The molecule has 0 unspecified atom stereocenters. The Balaban J connectivity index is 1.46. The van der Waals surface area contributed by atoms with E-state index < -0.39 is 0 Å². The summed E-state index contributed by atoms with van der Waals surface area (Å²) in [6, 6.07) is 12.1. The fourth-order valence-electron chi connectivity index (χ4n) is 4.48. The number of fused-ring (bicyclic) bond motifs is 2. The minimum Gasteiger partial charge on any atom is -0.298 e. The second-order valence-electron chi connectivity index (χ2n) is 8.79. The molecule has 4 heterocycles. The lowest BCUT2D eigenvalue weighted by molar-refractivity contribution is 0.219. The lowest BCUT2D eigenvalue weighted by Crippen LogP contribution is -2.29. The van der Waals surface area contributed by atoms with Crippen LogP contribution in [-0.4, -0.2) is 32.5 Å². The van der Waals surface area contributed by atoms with Crippen molar-refractivity contribution in [2.45, 2.75) is 32.7 Å². The van der Waals surface area contributed by atoms with Gasteiger partial charge >= 0.3 is 0 Å². The third kappa shape index (κ3) is 5.15. The number of piperidine rings is 1. The van der Waals surface area contributed by atoms with E-state index in [0.717, 1.165) is 52.4 Å². The Labute approximate surface area is 213 Å². The van der Waals surface area contributed by atoms with Crippen molar-refractivity contribution in [2.75, 3.05) is 13.1 Å². The molecule has 0 spiro atoms. The van der Waals surface area contributed by atoms with Gasteiger partial charge in [0.15, 0.2) is 0 Å². The van der Waals surface area contributed by atoms with Gasteiger partial charge in [-0.15, -0.1) is 11.3 Å². The van der Waals surface area contributed by atoms with Gasteiger partial charge in [0.05, 0.1) is 22.4 Å². The van der Waals surface area contributed by atoms with Crippen molar-refractivity contribution in [3.8, 4) is 5.69 Å². The highest BCUT2D eigenvalue weighted by atomic mass is 35.5. The molecule has 1 aromatic carbocycles. The van der Waals surface area contributed by atoms with Crippen molar-refractivity contribution in [2.24, 2.45) is 0 Å². The first-order valence-electron chi connectivity index (χ1n) is 11.8. The van der Waals surface area contributed by atoms with Gasteiger partial charge in [0, 0.05) is 21.8 Å². The summed E-state index contributed by atoms with van der Waals surface area (Å²) in [5, 5.41) is 1.46. The summed E-state index contributed by atoms with van der Waals surface area (Å²) in [6.45, 7) is 8.83. The Morgan fingerprint density at radius 2 is 1.94 bits per heavy atom. The molecular formula is C28H27ClN4OS. The summed E-state index contributed by atoms with van der Waals surface area (Å²) in [6.07, 6.45) is 11.1. The number of hydrogen-bond acceptors (Lipinski definition) is 5. The van der Waals surface area contributed by atoms with Crippen LogP contribution in [0.2, 0.25) is 0 Å². The Hall–Kier alpha value is -3.06. The Morgan fingerprint density at radius 1 is 1.11 bits per heavy atom. The number of halogens is 1. The molecule has 0 radical (unpaired) electrons. The van der Waals surface area contributed by atoms with Crippen molar-refractivity contribution in [1.29, 1.82) is 0 Å². The molecule has 7 heteroatoms. The lowest BCUT2D eigenvalue weighted by atomic mass is 10.1. The SMILES string of the molecule is C=C(Cl)/C=C\C(=C/C)c1cc2ncn(-c3ccc4nc(CN5CCCCC5)ccc4c3)c(=O)c2s1. The van der Waals surface area contributed by atoms with Crippen LogP contribution in [0.25, 0.3) is 32.4 Å². The summed E-state index contributed by atoms with van der Waals surface area (Å²) in [5.41, 5.74) is 4.38. The standard InChI is InChI=1S/C28H27ClN4OS/c1-3-20(8-7-19(2)29)26-16-25-27(35-26)28(34)33(18-30-25)23-11-12-24-21(15-23)9-10-22(31-24)17-32-13-5-4-6-14-32/h3,7-12,15-16,18H,2,4-6,13-14,17H2,1H3/b8-7-,20-3+. The highest BCUT2D eigenvalue weighted by Crippen LogP contribution is 2.29. The highest BCUT2D eigenvalue weighted by molar-refractivity contribution is 7.20. The predicted molar refractivity (Wildman–Crippen MR) is 147 cm³/mol. The van der Waals surface area contributed by atoms with Crippen molar-refractivity contribution < 1.29 is 0 Å². The molecule has 1 fully saturated rings. The number of rotatable bonds is 6. The van der Waals surface area contributed by atoms with E-state index in [1.165, 1.54) is 30.6 Å². The zero-order valence-corrected chi connectivity index (χ0v) is 21.3. The lowest BCUT2D eigenvalue weighted by Gasteiger charge is -2.26. The molecule has 1 saturated heterocycles. The van der Waals surface area contributed by atoms with E-state index in [9.17, 15) is 4.79 Å². The van der Waals surface area contributed by atoms with Crippen LogP contribution < -0.4 is 5.56 Å². The van der Waals surface area contributed by atoms with E-state index in [2.05, 4.69) is 28.6 Å². The van der Waals surface area contributed by atoms with Crippen LogP contribution in [-0.2, 0) is 6.54 Å². The fourth-order valence-corrected chi connectivity index (χ4v) is 5.64. The van der Waals surface area contributed by atoms with Gasteiger partial charge in [-0.05, 0) is 74.8 Å². The van der Waals surface area contributed by atoms with Gasteiger partial charge in [0.1, 0.15) is 11.0 Å². The minimum absolute atomic E-state index is 0.0820. The number of thiophene rings is 1. The molecule has 0 atom stereocenters. The molecule has 178 valence electrons. The maximum atomic E-state index is 13.4. The number of aromatic nitrogens is 3. The van der Waals surface area contributed by atoms with Gasteiger partial charge in [0.2, 0.25) is 0 Å². The van der Waals surface area contributed by atoms with E-state index in [1.54, 1.807) is 17.0 Å². The number of hydrogen-bond donors (Lipinski definition) is 0. The second-order valence-corrected chi connectivity index (χ2v) is 10.3. The van der Waals surface area contributed by atoms with Crippen molar-refractivity contribution in [1.82, 2.24) is 19.4 Å². The molecule has 35 heavy (non-hydrogen) atoms. The van der Waals surface area contributed by atoms with Crippen LogP contribution in [0.3, 0.4) is 0 Å². The smallest absolute Gasteiger partial charge is 0.275 e. The fraction of sp³-hybridized carbons (Fsp3) is 0.250. The number of benzene rings is 1. The molecule has 1 aliphatic rings. The van der Waals surface area contributed by atoms with E-state index in [1.807, 2.05) is 43.3 Å². The van der Waals surface area contributed by atoms with E-state index in [0.29, 0.717) is 15.2 Å². The number of nitrogens with zero attached hydrogens (tertiary/aromatic N) is 4. The maximum Gasteiger partial charge on any atom is 0.275 e. The van der Waals surface area contributed by atoms with Crippen LogP contribution >= 0.6 is 22.9 Å². The Kier molecular flexibility index (Phi) is 6.95. The zero-order chi connectivity index (χ0) is 24.4. The molecule has 1 aliphatic heterocycles. The van der Waals surface area contributed by atoms with Crippen LogP contribution in [0.4, 0.5) is 0 Å². The monoisotopic (exact) mass is 502 g/mol. The van der Waals surface area contributed by atoms with Crippen molar-refractivity contribution in [3.05, 3.63) is 93.5 Å². The Morgan fingerprint density at radius 3 is 2.71 bits per heavy atom. The van der Waals surface area contributed by atoms with Crippen LogP contribution in [0.1, 0.15) is 36.8 Å². The molecule has 5 nitrogen and oxygen atoms in total. The first-order chi connectivity index (χ1) is 17.0. The Bertz CT molecular complexity index is 1530. The molecule has 0 aliphatic carbocycles. The quantitative estimate of drug-likeness (QED) is 0.275. The van der Waals surface area contributed by atoms with Gasteiger partial charge in [-0.1, -0.05) is 42.8 Å². The van der Waals surface area contributed by atoms with Crippen LogP contribution in [0.15, 0.2) is 77.4 Å². The average molecular weight is 503 g/mol. The third-order valence-corrected chi connectivity index (χ3v) is 7.61. The van der Waals surface area contributed by atoms with Crippen LogP contribution in [0.5, 0.6) is 0 Å². The summed E-state index contributed by atoms with van der Waals surface area (Å²) < 4.78 is 2.23. The summed E-state index contributed by atoms with van der Waals surface area (Å²) in [7, 11) is 0. The molecule has 0 saturated carbocycles. The van der Waals surface area contributed by atoms with E-state index in [4.69, 9.17) is 16.6 Å². The molecule has 3 aromatic heterocycles. The van der Waals surface area contributed by atoms with Gasteiger partial charge in [-0.25, -0.2) is 4.98 Å². The average Bonchev–Trinajstić information content (AvgIpc) is 3.30. The molecular weight excluding hydrogens is 476 g/mol. The highest BCUT2D eigenvalue weighted by Gasteiger charge is 2.14. The first-order valence-corrected chi connectivity index (χ1v) is 13.0.